The van der Waals surface area contributed by atoms with E-state index in [9.17, 15) is 4.79 Å². The summed E-state index contributed by atoms with van der Waals surface area (Å²) in [4.78, 5) is 16.5. The van der Waals surface area contributed by atoms with Crippen molar-refractivity contribution in [1.29, 1.82) is 0 Å². The molecule has 1 saturated heterocycles. The summed E-state index contributed by atoms with van der Waals surface area (Å²) in [7, 11) is 0. The first-order valence-corrected chi connectivity index (χ1v) is 13.8. The molecule has 1 amide bonds. The Balaban J connectivity index is 1.32. The lowest BCUT2D eigenvalue weighted by molar-refractivity contribution is -0.129. The fraction of sp³-hybridized carbons (Fsp3) is 0.300. The molecule has 1 saturated carbocycles. The number of carbonyl (C=O) groups is 1. The Kier molecular flexibility index (Phi) is 7.88. The van der Waals surface area contributed by atoms with E-state index in [0.717, 1.165) is 33.9 Å². The van der Waals surface area contributed by atoms with Crippen LogP contribution in [0.2, 0.25) is 5.02 Å². The maximum absolute atomic E-state index is 13.7. The maximum atomic E-state index is 13.7. The molecule has 1 aliphatic carbocycles. The normalized spacial score (nSPS) is 23.2. The van der Waals surface area contributed by atoms with Crippen LogP contribution in [0.4, 0.5) is 5.69 Å². The molecule has 1 aliphatic heterocycles. The van der Waals surface area contributed by atoms with Gasteiger partial charge >= 0.3 is 0 Å². The number of rotatable bonds is 7. The van der Waals surface area contributed by atoms with Crippen molar-refractivity contribution in [3.8, 4) is 5.75 Å². The first kappa shape index (κ1) is 24.8. The van der Waals surface area contributed by atoms with Gasteiger partial charge in [-0.1, -0.05) is 91.7 Å². The largest absolute Gasteiger partial charge is 0.489 e. The van der Waals surface area contributed by atoms with Crippen molar-refractivity contribution < 1.29 is 9.53 Å². The van der Waals surface area contributed by atoms with Gasteiger partial charge in [-0.3, -0.25) is 4.79 Å². The van der Waals surface area contributed by atoms with E-state index in [-0.39, 0.29) is 17.4 Å². The molecule has 0 spiro atoms. The zero-order chi connectivity index (χ0) is 24.9. The Morgan fingerprint density at radius 1 is 1.00 bits per heavy atom. The van der Waals surface area contributed by atoms with Gasteiger partial charge < -0.3 is 15.0 Å². The topological polar surface area (TPSA) is 41.6 Å². The highest BCUT2D eigenvalue weighted by molar-refractivity contribution is 8.05. The third kappa shape index (κ3) is 5.74. The van der Waals surface area contributed by atoms with Crippen LogP contribution >= 0.6 is 23.4 Å². The molecule has 0 bridgehead atoms. The van der Waals surface area contributed by atoms with Gasteiger partial charge in [-0.25, -0.2) is 0 Å². The fourth-order valence-electron chi connectivity index (χ4n) is 4.96. The van der Waals surface area contributed by atoms with Crippen LogP contribution in [0.25, 0.3) is 6.08 Å². The molecule has 5 rings (SSSR count). The van der Waals surface area contributed by atoms with Crippen molar-refractivity contribution in [2.75, 3.05) is 5.32 Å². The molecule has 2 aliphatic rings. The summed E-state index contributed by atoms with van der Waals surface area (Å²) in [5, 5.41) is 4.30. The zero-order valence-corrected chi connectivity index (χ0v) is 22.0. The molecular weight excluding hydrogens is 488 g/mol. The van der Waals surface area contributed by atoms with Gasteiger partial charge in [0.15, 0.2) is 5.50 Å². The van der Waals surface area contributed by atoms with E-state index in [1.54, 1.807) is 11.8 Å². The van der Waals surface area contributed by atoms with Gasteiger partial charge in [0.1, 0.15) is 12.4 Å². The minimum atomic E-state index is -0.116. The number of ether oxygens (including phenoxy) is 1. The van der Waals surface area contributed by atoms with E-state index in [2.05, 4.69) is 29.3 Å². The summed E-state index contributed by atoms with van der Waals surface area (Å²) >= 11 is 7.84. The van der Waals surface area contributed by atoms with Crippen molar-refractivity contribution >= 4 is 41.0 Å². The molecule has 36 heavy (non-hydrogen) atoms. The summed E-state index contributed by atoms with van der Waals surface area (Å²) in [6.07, 6.45) is 6.66. The molecule has 1 heterocycles. The first-order valence-electron chi connectivity index (χ1n) is 12.6. The standard InChI is InChI=1S/C30H31ClN2O2S/c1-21-9-5-8-14-27(21)33-29(34)28(36-30(33)32-24-11-3-2-4-12-24)19-22-15-17-25(18-16-22)35-20-23-10-6-7-13-26(23)31/h2-4,6-7,10-13,15-19,21,27,30,32H,5,8-9,14,20H2,1H3/b28-19-/t21-,27+,30?/m1/s1. The second kappa shape index (κ2) is 11.4. The van der Waals surface area contributed by atoms with Crippen molar-refractivity contribution in [3.63, 3.8) is 0 Å². The Bertz CT molecular complexity index is 1220. The molecule has 1 unspecified atom stereocenters. The molecule has 0 radical (unpaired) electrons. The Labute approximate surface area is 222 Å². The number of anilines is 1. The third-order valence-electron chi connectivity index (χ3n) is 6.95. The molecule has 4 nitrogen and oxygen atoms in total. The molecule has 6 heteroatoms. The summed E-state index contributed by atoms with van der Waals surface area (Å²) in [5.74, 6) is 1.38. The minimum absolute atomic E-state index is 0.116. The molecule has 186 valence electrons. The highest BCUT2D eigenvalue weighted by atomic mass is 35.5. The molecule has 3 aromatic carbocycles. The van der Waals surface area contributed by atoms with Crippen LogP contribution in [0.3, 0.4) is 0 Å². The Morgan fingerprint density at radius 3 is 2.47 bits per heavy atom. The molecule has 2 fully saturated rings. The van der Waals surface area contributed by atoms with E-state index in [1.807, 2.05) is 72.8 Å². The number of amides is 1. The third-order valence-corrected chi connectivity index (χ3v) is 8.44. The Morgan fingerprint density at radius 2 is 1.72 bits per heavy atom. The summed E-state index contributed by atoms with van der Waals surface area (Å²) in [5.41, 5.74) is 2.84. The molecule has 1 N–H and O–H groups in total. The van der Waals surface area contributed by atoms with Crippen LogP contribution in [-0.2, 0) is 11.4 Å². The minimum Gasteiger partial charge on any atom is -0.489 e. The molecule has 3 atom stereocenters. The van der Waals surface area contributed by atoms with Crippen molar-refractivity contribution in [2.24, 2.45) is 5.92 Å². The zero-order valence-electron chi connectivity index (χ0n) is 20.4. The van der Waals surface area contributed by atoms with Crippen LogP contribution in [0.1, 0.15) is 43.7 Å². The number of nitrogens with one attached hydrogen (secondary N) is 1. The average molecular weight is 519 g/mol. The highest BCUT2D eigenvalue weighted by Crippen LogP contribution is 2.42. The van der Waals surface area contributed by atoms with Gasteiger partial charge in [-0.05, 0) is 60.7 Å². The van der Waals surface area contributed by atoms with Crippen LogP contribution in [-0.4, -0.2) is 22.3 Å². The van der Waals surface area contributed by atoms with E-state index < -0.39 is 0 Å². The number of hydrogen-bond donors (Lipinski definition) is 1. The monoisotopic (exact) mass is 518 g/mol. The second-order valence-corrected chi connectivity index (χ2v) is 11.0. The van der Waals surface area contributed by atoms with E-state index in [4.69, 9.17) is 16.3 Å². The molecular formula is C30H31ClN2O2S. The van der Waals surface area contributed by atoms with Gasteiger partial charge in [-0.2, -0.15) is 0 Å². The van der Waals surface area contributed by atoms with Crippen LogP contribution < -0.4 is 10.1 Å². The van der Waals surface area contributed by atoms with E-state index >= 15 is 0 Å². The number of halogens is 1. The van der Waals surface area contributed by atoms with Gasteiger partial charge in [0.05, 0.1) is 4.91 Å². The fourth-order valence-corrected chi connectivity index (χ4v) is 6.36. The van der Waals surface area contributed by atoms with Gasteiger partial charge in [0, 0.05) is 22.3 Å². The Hall–Kier alpha value is -2.89. The number of benzene rings is 3. The van der Waals surface area contributed by atoms with Crippen LogP contribution in [0.15, 0.2) is 83.8 Å². The number of hydrogen-bond acceptors (Lipinski definition) is 4. The van der Waals surface area contributed by atoms with Gasteiger partial charge in [-0.15, -0.1) is 0 Å². The number of thioether (sulfide) groups is 1. The van der Waals surface area contributed by atoms with Crippen molar-refractivity contribution in [3.05, 3.63) is 99.9 Å². The van der Waals surface area contributed by atoms with Gasteiger partial charge in [0.2, 0.25) is 0 Å². The molecule has 0 aromatic heterocycles. The van der Waals surface area contributed by atoms with E-state index in [1.165, 1.54) is 19.3 Å². The average Bonchev–Trinajstić information content (AvgIpc) is 3.19. The number of carbonyl (C=O) groups excluding carboxylic acids is 1. The van der Waals surface area contributed by atoms with Crippen LogP contribution in [0.5, 0.6) is 5.75 Å². The lowest BCUT2D eigenvalue weighted by atomic mass is 9.85. The predicted molar refractivity (Wildman–Crippen MR) is 150 cm³/mol. The summed E-state index contributed by atoms with van der Waals surface area (Å²) in [6.45, 7) is 2.69. The smallest absolute Gasteiger partial charge is 0.262 e. The molecule has 3 aromatic rings. The van der Waals surface area contributed by atoms with Crippen LogP contribution in [0, 0.1) is 5.92 Å². The SMILES string of the molecule is C[C@@H]1CCCC[C@@H]1N1C(=O)/C(=C/c2ccc(OCc3ccccc3Cl)cc2)SC1Nc1ccccc1. The van der Waals surface area contributed by atoms with E-state index in [0.29, 0.717) is 17.5 Å². The lowest BCUT2D eigenvalue weighted by Crippen LogP contribution is -2.48. The predicted octanol–water partition coefficient (Wildman–Crippen LogP) is 7.81. The second-order valence-electron chi connectivity index (χ2n) is 9.48. The number of nitrogens with zero attached hydrogens (tertiary/aromatic N) is 1. The van der Waals surface area contributed by atoms with Crippen molar-refractivity contribution in [1.82, 2.24) is 4.90 Å². The summed E-state index contributed by atoms with van der Waals surface area (Å²) in [6, 6.07) is 26.0. The lowest BCUT2D eigenvalue weighted by Gasteiger charge is -2.39. The summed E-state index contributed by atoms with van der Waals surface area (Å²) < 4.78 is 5.92. The quantitative estimate of drug-likeness (QED) is 0.324. The highest BCUT2D eigenvalue weighted by Gasteiger charge is 2.42. The van der Waals surface area contributed by atoms with Gasteiger partial charge in [0.25, 0.3) is 5.91 Å². The first-order chi connectivity index (χ1) is 17.6. The maximum Gasteiger partial charge on any atom is 0.262 e. The van der Waals surface area contributed by atoms with Crippen molar-refractivity contribution in [2.45, 2.75) is 50.8 Å². The number of para-hydroxylation sites is 1.